The van der Waals surface area contributed by atoms with Gasteiger partial charge in [-0.05, 0) is 23.0 Å². The van der Waals surface area contributed by atoms with E-state index in [0.29, 0.717) is 5.75 Å². The molecule has 5 nitrogen and oxygen atoms in total. The SMILES string of the molecule is CC(C)(C)c1cc(-c2nc3n(c2CN2CCOCC2)CCS3)cc(C(C)(C)C)c1O. The molecule has 0 aliphatic carbocycles. The van der Waals surface area contributed by atoms with Crippen LogP contribution in [0.2, 0.25) is 0 Å². The minimum atomic E-state index is -0.151. The van der Waals surface area contributed by atoms with Crippen molar-refractivity contribution in [2.45, 2.75) is 70.6 Å². The number of hydrogen-bond donors (Lipinski definition) is 1. The van der Waals surface area contributed by atoms with Crippen LogP contribution >= 0.6 is 11.8 Å². The van der Waals surface area contributed by atoms with Crippen molar-refractivity contribution in [3.8, 4) is 17.0 Å². The first-order valence-corrected chi connectivity index (χ1v) is 11.9. The van der Waals surface area contributed by atoms with Gasteiger partial charge in [0.25, 0.3) is 0 Å². The Hall–Kier alpha value is -1.50. The number of ether oxygens (including phenoxy) is 1. The predicted molar refractivity (Wildman–Crippen MR) is 124 cm³/mol. The molecular weight excluding hydrogens is 394 g/mol. The van der Waals surface area contributed by atoms with Crippen LogP contribution in [0.25, 0.3) is 11.3 Å². The molecule has 2 aliphatic rings. The van der Waals surface area contributed by atoms with Crippen molar-refractivity contribution in [3.05, 3.63) is 29.0 Å². The lowest BCUT2D eigenvalue weighted by atomic mass is 9.78. The van der Waals surface area contributed by atoms with E-state index in [0.717, 1.165) is 72.7 Å². The van der Waals surface area contributed by atoms with Crippen molar-refractivity contribution in [1.29, 1.82) is 0 Å². The van der Waals surface area contributed by atoms with E-state index >= 15 is 0 Å². The first-order valence-electron chi connectivity index (χ1n) is 11.0. The molecule has 1 aromatic heterocycles. The summed E-state index contributed by atoms with van der Waals surface area (Å²) >= 11 is 1.84. The Morgan fingerprint density at radius 3 is 2.17 bits per heavy atom. The number of morpholine rings is 1. The zero-order chi connectivity index (χ0) is 21.7. The monoisotopic (exact) mass is 429 g/mol. The van der Waals surface area contributed by atoms with E-state index in [9.17, 15) is 5.11 Å². The Morgan fingerprint density at radius 2 is 1.60 bits per heavy atom. The standard InChI is InChI=1S/C24H35N3O2S/c1-23(2,3)17-13-16(14-18(21(17)28)24(4,5)6)20-19(15-26-7-10-29-11-8-26)27-9-12-30-22(27)25-20/h13-14,28H,7-12,15H2,1-6H3. The molecular formula is C24H35N3O2S. The minimum absolute atomic E-state index is 0.151. The van der Waals surface area contributed by atoms with E-state index < -0.39 is 0 Å². The molecule has 0 radical (unpaired) electrons. The van der Waals surface area contributed by atoms with Crippen LogP contribution in [0.5, 0.6) is 5.75 Å². The van der Waals surface area contributed by atoms with Gasteiger partial charge in [0, 0.05) is 48.6 Å². The van der Waals surface area contributed by atoms with E-state index in [2.05, 4.69) is 63.1 Å². The van der Waals surface area contributed by atoms with Gasteiger partial charge in [-0.3, -0.25) is 4.90 Å². The second kappa shape index (κ2) is 7.88. The highest BCUT2D eigenvalue weighted by Crippen LogP contribution is 2.43. The summed E-state index contributed by atoms with van der Waals surface area (Å²) in [6.45, 7) is 18.4. The lowest BCUT2D eigenvalue weighted by molar-refractivity contribution is 0.0332. The van der Waals surface area contributed by atoms with Crippen molar-refractivity contribution in [1.82, 2.24) is 14.5 Å². The Kier molecular flexibility index (Phi) is 5.71. The highest BCUT2D eigenvalue weighted by Gasteiger charge is 2.30. The molecule has 0 unspecified atom stereocenters. The summed E-state index contributed by atoms with van der Waals surface area (Å²) in [5, 5.41) is 12.2. The normalized spacial score (nSPS) is 18.1. The Morgan fingerprint density at radius 1 is 1.00 bits per heavy atom. The van der Waals surface area contributed by atoms with Crippen LogP contribution in [0, 0.1) is 0 Å². The maximum Gasteiger partial charge on any atom is 0.168 e. The average Bonchev–Trinajstić information content (AvgIpc) is 3.24. The predicted octanol–water partition coefficient (Wildman–Crippen LogP) is 4.79. The Labute approximate surface area is 184 Å². The number of benzene rings is 1. The van der Waals surface area contributed by atoms with E-state index in [4.69, 9.17) is 9.72 Å². The first kappa shape index (κ1) is 21.7. The van der Waals surface area contributed by atoms with Gasteiger partial charge in [0.15, 0.2) is 5.16 Å². The summed E-state index contributed by atoms with van der Waals surface area (Å²) in [4.78, 5) is 7.56. The number of phenolic OH excluding ortho intramolecular Hbond substituents is 1. The molecule has 1 saturated heterocycles. The number of imidazole rings is 1. The van der Waals surface area contributed by atoms with Crippen molar-refractivity contribution >= 4 is 11.8 Å². The quantitative estimate of drug-likeness (QED) is 0.760. The average molecular weight is 430 g/mol. The Balaban J connectivity index is 1.86. The van der Waals surface area contributed by atoms with Gasteiger partial charge in [-0.1, -0.05) is 53.3 Å². The summed E-state index contributed by atoms with van der Waals surface area (Å²) in [5.74, 6) is 1.52. The summed E-state index contributed by atoms with van der Waals surface area (Å²) in [6.07, 6.45) is 0. The Bertz CT molecular complexity index is 896. The number of nitrogens with zero attached hydrogens (tertiary/aromatic N) is 3. The molecule has 0 bridgehead atoms. The van der Waals surface area contributed by atoms with E-state index in [1.165, 1.54) is 5.69 Å². The van der Waals surface area contributed by atoms with Gasteiger partial charge >= 0.3 is 0 Å². The molecule has 0 saturated carbocycles. The fourth-order valence-corrected chi connectivity index (χ4v) is 5.28. The van der Waals surface area contributed by atoms with Crippen LogP contribution in [0.1, 0.15) is 58.4 Å². The molecule has 1 aromatic carbocycles. The van der Waals surface area contributed by atoms with Gasteiger partial charge in [0.05, 0.1) is 24.6 Å². The maximum absolute atomic E-state index is 11.1. The van der Waals surface area contributed by atoms with E-state index in [1.54, 1.807) is 0 Å². The number of fused-ring (bicyclic) bond motifs is 1. The smallest absolute Gasteiger partial charge is 0.168 e. The number of rotatable bonds is 3. The largest absolute Gasteiger partial charge is 0.507 e. The number of hydrogen-bond acceptors (Lipinski definition) is 5. The minimum Gasteiger partial charge on any atom is -0.507 e. The van der Waals surface area contributed by atoms with Crippen LogP contribution in [0.4, 0.5) is 0 Å². The zero-order valence-corrected chi connectivity index (χ0v) is 20.0. The summed E-state index contributed by atoms with van der Waals surface area (Å²) in [7, 11) is 0. The number of thioether (sulfide) groups is 1. The van der Waals surface area contributed by atoms with Crippen LogP contribution in [0.15, 0.2) is 17.3 Å². The lowest BCUT2D eigenvalue weighted by Crippen LogP contribution is -2.36. The van der Waals surface area contributed by atoms with Crippen molar-refractivity contribution in [2.24, 2.45) is 0 Å². The fraction of sp³-hybridized carbons (Fsp3) is 0.625. The maximum atomic E-state index is 11.1. The van der Waals surface area contributed by atoms with Gasteiger partial charge in [-0.25, -0.2) is 4.98 Å². The van der Waals surface area contributed by atoms with Gasteiger partial charge in [0.1, 0.15) is 5.75 Å². The fourth-order valence-electron chi connectivity index (χ4n) is 4.31. The van der Waals surface area contributed by atoms with Crippen molar-refractivity contribution in [3.63, 3.8) is 0 Å². The lowest BCUT2D eigenvalue weighted by Gasteiger charge is -2.29. The zero-order valence-electron chi connectivity index (χ0n) is 19.2. The number of aromatic hydroxyl groups is 1. The molecule has 1 N–H and O–H groups in total. The van der Waals surface area contributed by atoms with Crippen LogP contribution in [-0.4, -0.2) is 51.6 Å². The summed E-state index contributed by atoms with van der Waals surface area (Å²) in [6, 6.07) is 4.33. The summed E-state index contributed by atoms with van der Waals surface area (Å²) in [5.41, 5.74) is 5.16. The van der Waals surface area contributed by atoms with Crippen LogP contribution in [-0.2, 0) is 28.7 Å². The molecule has 4 rings (SSSR count). The third-order valence-electron chi connectivity index (χ3n) is 6.06. The summed E-state index contributed by atoms with van der Waals surface area (Å²) < 4.78 is 7.95. The highest BCUT2D eigenvalue weighted by molar-refractivity contribution is 7.99. The third-order valence-corrected chi connectivity index (χ3v) is 7.02. The molecule has 164 valence electrons. The van der Waals surface area contributed by atoms with Crippen molar-refractivity contribution < 1.29 is 9.84 Å². The molecule has 1 fully saturated rings. The van der Waals surface area contributed by atoms with E-state index in [-0.39, 0.29) is 10.8 Å². The second-order valence-electron chi connectivity index (χ2n) is 10.5. The topological polar surface area (TPSA) is 50.5 Å². The molecule has 6 heteroatoms. The number of phenols is 1. The molecule has 0 amide bonds. The van der Waals surface area contributed by atoms with Gasteiger partial charge in [-0.15, -0.1) is 0 Å². The van der Waals surface area contributed by atoms with Gasteiger partial charge in [0.2, 0.25) is 0 Å². The molecule has 0 spiro atoms. The third kappa shape index (κ3) is 4.14. The molecule has 30 heavy (non-hydrogen) atoms. The second-order valence-corrected chi connectivity index (χ2v) is 11.6. The van der Waals surface area contributed by atoms with Crippen LogP contribution < -0.4 is 0 Å². The number of aromatic nitrogens is 2. The van der Waals surface area contributed by atoms with Gasteiger partial charge < -0.3 is 14.4 Å². The molecule has 2 aliphatic heterocycles. The van der Waals surface area contributed by atoms with Crippen molar-refractivity contribution in [2.75, 3.05) is 32.1 Å². The van der Waals surface area contributed by atoms with Gasteiger partial charge in [-0.2, -0.15) is 0 Å². The first-order chi connectivity index (χ1) is 14.1. The van der Waals surface area contributed by atoms with E-state index in [1.807, 2.05) is 11.8 Å². The van der Waals surface area contributed by atoms with Crippen LogP contribution in [0.3, 0.4) is 0 Å². The molecule has 0 atom stereocenters. The molecule has 2 aromatic rings. The highest BCUT2D eigenvalue weighted by atomic mass is 32.2. The molecule has 3 heterocycles.